The van der Waals surface area contributed by atoms with Crippen LogP contribution < -0.4 is 16.0 Å². The van der Waals surface area contributed by atoms with Gasteiger partial charge in [0.25, 0.3) is 5.88 Å². The van der Waals surface area contributed by atoms with Crippen LogP contribution in [0.5, 0.6) is 5.88 Å². The van der Waals surface area contributed by atoms with Gasteiger partial charge < -0.3 is 4.74 Å². The zero-order valence-electron chi connectivity index (χ0n) is 11.6. The van der Waals surface area contributed by atoms with E-state index < -0.39 is 11.0 Å². The molecule has 0 aliphatic heterocycles. The smallest absolute Gasteiger partial charge is 0.352 e. The standard InChI is InChI=1S/C13H15N5O3/c1-8-11(18(19)20)12(16-13(15-8)17-14)21-9(2)10-6-4-3-5-7-10/h3-7,9H,14H2,1-2H3,(H,15,16,17). The molecule has 8 nitrogen and oxygen atoms in total. The van der Waals surface area contributed by atoms with E-state index in [9.17, 15) is 10.1 Å². The largest absolute Gasteiger partial charge is 0.465 e. The summed E-state index contributed by atoms with van der Waals surface area (Å²) in [5.74, 6) is 5.20. The van der Waals surface area contributed by atoms with Crippen LogP contribution in [0.15, 0.2) is 30.3 Å². The monoisotopic (exact) mass is 289 g/mol. The second kappa shape index (κ2) is 6.14. The van der Waals surface area contributed by atoms with Crippen LogP contribution in [0.4, 0.5) is 11.6 Å². The van der Waals surface area contributed by atoms with E-state index in [-0.39, 0.29) is 23.2 Å². The highest BCUT2D eigenvalue weighted by Gasteiger charge is 2.25. The molecule has 0 fully saturated rings. The Kier molecular flexibility index (Phi) is 4.29. The molecule has 0 aliphatic rings. The zero-order chi connectivity index (χ0) is 15.4. The first kappa shape index (κ1) is 14.7. The minimum Gasteiger partial charge on any atom is -0.465 e. The summed E-state index contributed by atoms with van der Waals surface area (Å²) in [5, 5.41) is 11.2. The van der Waals surface area contributed by atoms with Crippen molar-refractivity contribution < 1.29 is 9.66 Å². The van der Waals surface area contributed by atoms with Crippen LogP contribution in [0, 0.1) is 17.0 Å². The maximum atomic E-state index is 11.2. The summed E-state index contributed by atoms with van der Waals surface area (Å²) in [5.41, 5.74) is 3.05. The van der Waals surface area contributed by atoms with Crippen molar-refractivity contribution in [3.8, 4) is 5.88 Å². The number of aromatic nitrogens is 2. The van der Waals surface area contributed by atoms with Crippen molar-refractivity contribution in [1.29, 1.82) is 0 Å². The van der Waals surface area contributed by atoms with Crippen molar-refractivity contribution in [1.82, 2.24) is 9.97 Å². The molecule has 1 aromatic heterocycles. The predicted octanol–water partition coefficient (Wildman–Crippen LogP) is 2.12. The maximum Gasteiger partial charge on any atom is 0.352 e. The Hall–Kier alpha value is -2.74. The van der Waals surface area contributed by atoms with Gasteiger partial charge in [-0.3, -0.25) is 15.5 Å². The lowest BCUT2D eigenvalue weighted by molar-refractivity contribution is -0.387. The molecule has 1 unspecified atom stereocenters. The first-order chi connectivity index (χ1) is 10.0. The van der Waals surface area contributed by atoms with Crippen LogP contribution in [-0.2, 0) is 0 Å². The van der Waals surface area contributed by atoms with Gasteiger partial charge in [0.1, 0.15) is 11.8 Å². The lowest BCUT2D eigenvalue weighted by Crippen LogP contribution is -2.14. The molecule has 0 amide bonds. The van der Waals surface area contributed by atoms with E-state index in [4.69, 9.17) is 10.6 Å². The topological polar surface area (TPSA) is 116 Å². The summed E-state index contributed by atoms with van der Waals surface area (Å²) < 4.78 is 5.63. The number of benzene rings is 1. The third-order valence-corrected chi connectivity index (χ3v) is 2.90. The molecule has 0 saturated heterocycles. The second-order valence-corrected chi connectivity index (χ2v) is 4.36. The number of nitrogens with one attached hydrogen (secondary N) is 1. The van der Waals surface area contributed by atoms with Crippen LogP contribution >= 0.6 is 0 Å². The van der Waals surface area contributed by atoms with E-state index in [0.29, 0.717) is 0 Å². The number of anilines is 1. The first-order valence-electron chi connectivity index (χ1n) is 6.24. The van der Waals surface area contributed by atoms with E-state index in [1.54, 1.807) is 6.92 Å². The molecule has 0 aliphatic carbocycles. The van der Waals surface area contributed by atoms with Gasteiger partial charge in [-0.25, -0.2) is 10.8 Å². The average molecular weight is 289 g/mol. The van der Waals surface area contributed by atoms with Gasteiger partial charge in [0, 0.05) is 0 Å². The summed E-state index contributed by atoms with van der Waals surface area (Å²) >= 11 is 0. The summed E-state index contributed by atoms with van der Waals surface area (Å²) in [6.45, 7) is 3.28. The van der Waals surface area contributed by atoms with E-state index in [1.807, 2.05) is 30.3 Å². The maximum absolute atomic E-state index is 11.2. The normalized spacial score (nSPS) is 11.8. The molecule has 1 aromatic carbocycles. The quantitative estimate of drug-likeness (QED) is 0.492. The number of hydrogen-bond acceptors (Lipinski definition) is 7. The Morgan fingerprint density at radius 3 is 2.57 bits per heavy atom. The summed E-state index contributed by atoms with van der Waals surface area (Å²) in [6.07, 6.45) is -0.398. The van der Waals surface area contributed by atoms with Crippen LogP contribution in [-0.4, -0.2) is 14.9 Å². The number of nitro groups is 1. The number of nitrogens with zero attached hydrogens (tertiary/aromatic N) is 3. The van der Waals surface area contributed by atoms with E-state index >= 15 is 0 Å². The van der Waals surface area contributed by atoms with Gasteiger partial charge in [-0.1, -0.05) is 30.3 Å². The molecule has 0 spiro atoms. The molecule has 110 valence electrons. The molecule has 1 heterocycles. The summed E-state index contributed by atoms with van der Waals surface area (Å²) in [7, 11) is 0. The average Bonchev–Trinajstić information content (AvgIpc) is 2.47. The lowest BCUT2D eigenvalue weighted by atomic mass is 10.1. The van der Waals surface area contributed by atoms with Gasteiger partial charge in [-0.05, 0) is 19.4 Å². The van der Waals surface area contributed by atoms with Gasteiger partial charge in [0.15, 0.2) is 0 Å². The summed E-state index contributed by atoms with van der Waals surface area (Å²) in [4.78, 5) is 18.4. The van der Waals surface area contributed by atoms with Gasteiger partial charge in [-0.15, -0.1) is 0 Å². The molecular formula is C13H15N5O3. The highest BCUT2D eigenvalue weighted by Crippen LogP contribution is 2.31. The molecule has 21 heavy (non-hydrogen) atoms. The Morgan fingerprint density at radius 1 is 1.33 bits per heavy atom. The second-order valence-electron chi connectivity index (χ2n) is 4.36. The molecule has 0 bridgehead atoms. The highest BCUT2D eigenvalue weighted by atomic mass is 16.6. The number of rotatable bonds is 5. The number of aryl methyl sites for hydroxylation is 1. The Balaban J connectivity index is 2.38. The van der Waals surface area contributed by atoms with Crippen LogP contribution in [0.25, 0.3) is 0 Å². The molecule has 2 rings (SSSR count). The lowest BCUT2D eigenvalue weighted by Gasteiger charge is -2.15. The summed E-state index contributed by atoms with van der Waals surface area (Å²) in [6, 6.07) is 9.34. The number of hydrazine groups is 1. The molecule has 0 saturated carbocycles. The Bertz CT molecular complexity index is 648. The van der Waals surface area contributed by atoms with Crippen molar-refractivity contribution in [3.63, 3.8) is 0 Å². The van der Waals surface area contributed by atoms with Gasteiger partial charge >= 0.3 is 5.69 Å². The van der Waals surface area contributed by atoms with E-state index in [1.165, 1.54) is 6.92 Å². The number of nitrogens with two attached hydrogens (primary N) is 1. The Labute approximate surface area is 121 Å². The fraction of sp³-hybridized carbons (Fsp3) is 0.231. The zero-order valence-corrected chi connectivity index (χ0v) is 11.6. The van der Waals surface area contributed by atoms with Crippen LogP contribution in [0.3, 0.4) is 0 Å². The fourth-order valence-electron chi connectivity index (χ4n) is 1.86. The molecule has 1 atom stereocenters. The van der Waals surface area contributed by atoms with Crippen LogP contribution in [0.1, 0.15) is 24.3 Å². The SMILES string of the molecule is Cc1nc(NN)nc(OC(C)c2ccccc2)c1[N+](=O)[O-]. The third kappa shape index (κ3) is 3.23. The number of nitrogen functional groups attached to an aromatic ring is 1. The number of hydrogen-bond donors (Lipinski definition) is 2. The Morgan fingerprint density at radius 2 is 2.00 bits per heavy atom. The third-order valence-electron chi connectivity index (χ3n) is 2.90. The van der Waals surface area contributed by atoms with E-state index in [2.05, 4.69) is 15.4 Å². The van der Waals surface area contributed by atoms with Crippen LogP contribution in [0.2, 0.25) is 0 Å². The van der Waals surface area contributed by atoms with Crippen molar-refractivity contribution in [3.05, 3.63) is 51.7 Å². The molecule has 2 aromatic rings. The first-order valence-corrected chi connectivity index (χ1v) is 6.24. The van der Waals surface area contributed by atoms with Gasteiger partial charge in [0.2, 0.25) is 5.95 Å². The van der Waals surface area contributed by atoms with Gasteiger partial charge in [0.05, 0.1) is 4.92 Å². The van der Waals surface area contributed by atoms with Gasteiger partial charge in [-0.2, -0.15) is 4.98 Å². The minimum atomic E-state index is -0.567. The molecule has 8 heteroatoms. The molecular weight excluding hydrogens is 274 g/mol. The number of ether oxygens (including phenoxy) is 1. The molecule has 0 radical (unpaired) electrons. The van der Waals surface area contributed by atoms with Crippen molar-refractivity contribution in [2.75, 3.05) is 5.43 Å². The van der Waals surface area contributed by atoms with Crippen molar-refractivity contribution in [2.45, 2.75) is 20.0 Å². The highest BCUT2D eigenvalue weighted by molar-refractivity contribution is 5.48. The fourth-order valence-corrected chi connectivity index (χ4v) is 1.86. The van der Waals surface area contributed by atoms with Crippen molar-refractivity contribution in [2.24, 2.45) is 5.84 Å². The predicted molar refractivity (Wildman–Crippen MR) is 76.7 cm³/mol. The van der Waals surface area contributed by atoms with E-state index in [0.717, 1.165) is 5.56 Å². The minimum absolute atomic E-state index is 0.0633. The molecule has 3 N–H and O–H groups in total. The van der Waals surface area contributed by atoms with Crippen molar-refractivity contribution >= 4 is 11.6 Å².